The summed E-state index contributed by atoms with van der Waals surface area (Å²) in [6, 6.07) is 32.5. The minimum absolute atomic E-state index is 0.0146. The van der Waals surface area contributed by atoms with Crippen LogP contribution in [0.15, 0.2) is 96.1 Å². The number of pyridine rings is 1. The largest absolute Gasteiger partial charge is 0.346 e. The van der Waals surface area contributed by atoms with E-state index < -0.39 is 0 Å². The molecule has 5 heteroatoms. The highest BCUT2D eigenvalue weighted by molar-refractivity contribution is 6.12. The van der Waals surface area contributed by atoms with Crippen molar-refractivity contribution >= 4 is 49.6 Å². The molecular formula is C48H53N5. The molecule has 1 atom stereocenters. The van der Waals surface area contributed by atoms with E-state index in [0.717, 1.165) is 17.2 Å². The molecule has 1 aliphatic heterocycles. The van der Waals surface area contributed by atoms with Gasteiger partial charge in [0.1, 0.15) is 11.5 Å². The summed E-state index contributed by atoms with van der Waals surface area (Å²) in [5, 5.41) is 4.94. The maximum Gasteiger partial charge on any atom is 0.145 e. The van der Waals surface area contributed by atoms with Gasteiger partial charge in [0, 0.05) is 50.7 Å². The summed E-state index contributed by atoms with van der Waals surface area (Å²) in [5.74, 6) is 1.16. The lowest BCUT2D eigenvalue weighted by atomic mass is 9.64. The summed E-state index contributed by atoms with van der Waals surface area (Å²) in [5.41, 5.74) is 11.4. The fourth-order valence-electron chi connectivity index (χ4n) is 9.94. The van der Waals surface area contributed by atoms with Gasteiger partial charge in [-0.2, -0.15) is 0 Å². The van der Waals surface area contributed by atoms with Crippen LogP contribution in [-0.4, -0.2) is 42.0 Å². The van der Waals surface area contributed by atoms with Crippen molar-refractivity contribution in [2.45, 2.75) is 112 Å². The molecule has 0 N–H and O–H groups in total. The normalized spacial score (nSPS) is 19.6. The molecule has 1 aliphatic carbocycles. The fraction of sp³-hybridized carbons (Fsp3) is 0.375. The van der Waals surface area contributed by atoms with Crippen molar-refractivity contribution in [1.82, 2.24) is 19.0 Å². The van der Waals surface area contributed by atoms with Gasteiger partial charge in [-0.1, -0.05) is 69.4 Å². The van der Waals surface area contributed by atoms with Gasteiger partial charge in [0.05, 0.1) is 27.6 Å². The molecule has 0 amide bonds. The van der Waals surface area contributed by atoms with Crippen molar-refractivity contribution in [3.05, 3.63) is 113 Å². The Morgan fingerprint density at radius 3 is 2.00 bits per heavy atom. The van der Waals surface area contributed by atoms with E-state index in [1.807, 2.05) is 12.3 Å². The molecule has 1 fully saturated rings. The molecule has 2 aliphatic rings. The molecule has 1 saturated carbocycles. The summed E-state index contributed by atoms with van der Waals surface area (Å²) >= 11 is 0. The van der Waals surface area contributed by atoms with Crippen molar-refractivity contribution in [1.29, 1.82) is 0 Å². The van der Waals surface area contributed by atoms with Crippen LogP contribution < -0.4 is 0 Å². The fourth-order valence-corrected chi connectivity index (χ4v) is 9.94. The molecule has 4 heterocycles. The number of aliphatic imine (C=N–C) groups is 1. The van der Waals surface area contributed by atoms with E-state index in [-0.39, 0.29) is 16.5 Å². The van der Waals surface area contributed by atoms with Crippen LogP contribution in [0.25, 0.3) is 55.1 Å². The molecular weight excluding hydrogens is 647 g/mol. The smallest absolute Gasteiger partial charge is 0.145 e. The first-order valence-electron chi connectivity index (χ1n) is 19.7. The standard InChI is InChI=1S/C48H53N5/c1-30-17-21-41-39(26-30)37-20-19-35(52-42-22-18-31(2)27-40(42)38-16-13-23-49-45(38)52)29-43(37)51(41)36-25-32(3)24-33(28-36)44-50-48(9,46(4,5)6)47(7,8)53(44)34-14-11-10-12-15-34/h13,16-29,34H,10-12,14-15H2,1-9H3/t48-/m1/s1. The first kappa shape index (κ1) is 33.9. The SMILES string of the molecule is Cc1cc(C2=N[C@](C)(C(C)(C)C)C(C)(C)N2C2CCCCC2)cc(-n2c3ccc(C)cc3c3ccc(-n4c5ccc(C)cc5c5cccnc54)cc32)c1. The zero-order valence-corrected chi connectivity index (χ0v) is 33.0. The Morgan fingerprint density at radius 2 is 1.30 bits per heavy atom. The summed E-state index contributed by atoms with van der Waals surface area (Å²) in [7, 11) is 0. The van der Waals surface area contributed by atoms with Gasteiger partial charge in [-0.25, -0.2) is 4.98 Å². The van der Waals surface area contributed by atoms with Crippen LogP contribution in [-0.2, 0) is 0 Å². The quantitative estimate of drug-likeness (QED) is 0.183. The summed E-state index contributed by atoms with van der Waals surface area (Å²) in [6.07, 6.45) is 8.29. The monoisotopic (exact) mass is 699 g/mol. The van der Waals surface area contributed by atoms with Crippen molar-refractivity contribution in [3.63, 3.8) is 0 Å². The third kappa shape index (κ3) is 5.02. The molecule has 5 nitrogen and oxygen atoms in total. The molecule has 4 aromatic carbocycles. The van der Waals surface area contributed by atoms with E-state index in [0.29, 0.717) is 6.04 Å². The lowest BCUT2D eigenvalue weighted by Gasteiger charge is -2.52. The third-order valence-corrected chi connectivity index (χ3v) is 13.2. The van der Waals surface area contributed by atoms with Crippen LogP contribution in [0.4, 0.5) is 0 Å². The van der Waals surface area contributed by atoms with E-state index in [4.69, 9.17) is 9.98 Å². The first-order valence-corrected chi connectivity index (χ1v) is 19.7. The second kappa shape index (κ2) is 11.8. The molecule has 7 aromatic rings. The van der Waals surface area contributed by atoms with Crippen LogP contribution in [0.5, 0.6) is 0 Å². The maximum atomic E-state index is 5.81. The Kier molecular flexibility index (Phi) is 7.55. The minimum atomic E-state index is -0.259. The zero-order valence-electron chi connectivity index (χ0n) is 33.0. The number of hydrogen-bond donors (Lipinski definition) is 0. The number of aryl methyl sites for hydroxylation is 3. The lowest BCUT2D eigenvalue weighted by molar-refractivity contribution is 0.0331. The predicted molar refractivity (Wildman–Crippen MR) is 224 cm³/mol. The van der Waals surface area contributed by atoms with E-state index >= 15 is 0 Å². The van der Waals surface area contributed by atoms with Gasteiger partial charge in [-0.3, -0.25) is 9.56 Å². The minimum Gasteiger partial charge on any atom is -0.346 e. The van der Waals surface area contributed by atoms with Gasteiger partial charge in [0.15, 0.2) is 0 Å². The van der Waals surface area contributed by atoms with Crippen LogP contribution in [0.3, 0.4) is 0 Å². The Hall–Kier alpha value is -4.90. The van der Waals surface area contributed by atoms with Crippen LogP contribution in [0.1, 0.15) is 95.9 Å². The summed E-state index contributed by atoms with van der Waals surface area (Å²) < 4.78 is 4.83. The lowest BCUT2D eigenvalue weighted by Crippen LogP contribution is -2.62. The molecule has 0 radical (unpaired) electrons. The van der Waals surface area contributed by atoms with E-state index in [1.54, 1.807) is 0 Å². The van der Waals surface area contributed by atoms with Gasteiger partial charge in [-0.15, -0.1) is 0 Å². The Bertz CT molecular complexity index is 2620. The molecule has 0 spiro atoms. The number of benzene rings is 4. The van der Waals surface area contributed by atoms with Gasteiger partial charge in [-0.05, 0) is 132 Å². The second-order valence-electron chi connectivity index (χ2n) is 17.8. The molecule has 0 bridgehead atoms. The topological polar surface area (TPSA) is 38.4 Å². The Balaban J connectivity index is 1.29. The molecule has 0 unspecified atom stereocenters. The van der Waals surface area contributed by atoms with Gasteiger partial charge in [0.25, 0.3) is 0 Å². The van der Waals surface area contributed by atoms with E-state index in [2.05, 4.69) is 155 Å². The summed E-state index contributed by atoms with van der Waals surface area (Å²) in [6.45, 7) is 21.0. The Morgan fingerprint density at radius 1 is 0.623 bits per heavy atom. The number of amidine groups is 1. The zero-order chi connectivity index (χ0) is 37.0. The van der Waals surface area contributed by atoms with Crippen molar-refractivity contribution in [2.75, 3.05) is 0 Å². The average molecular weight is 700 g/mol. The molecule has 53 heavy (non-hydrogen) atoms. The van der Waals surface area contributed by atoms with E-state index in [1.165, 1.54) is 98.1 Å². The summed E-state index contributed by atoms with van der Waals surface area (Å²) in [4.78, 5) is 13.5. The van der Waals surface area contributed by atoms with Gasteiger partial charge < -0.3 is 9.47 Å². The third-order valence-electron chi connectivity index (χ3n) is 13.2. The van der Waals surface area contributed by atoms with Crippen molar-refractivity contribution < 1.29 is 0 Å². The van der Waals surface area contributed by atoms with Crippen LogP contribution in [0.2, 0.25) is 0 Å². The van der Waals surface area contributed by atoms with Crippen molar-refractivity contribution in [2.24, 2.45) is 10.4 Å². The van der Waals surface area contributed by atoms with E-state index in [9.17, 15) is 0 Å². The first-order chi connectivity index (χ1) is 25.3. The highest BCUT2D eigenvalue weighted by Gasteiger charge is 2.59. The predicted octanol–water partition coefficient (Wildman–Crippen LogP) is 12.2. The van der Waals surface area contributed by atoms with Crippen LogP contribution in [0, 0.1) is 26.2 Å². The maximum absolute atomic E-state index is 5.81. The highest BCUT2D eigenvalue weighted by atomic mass is 15.4. The van der Waals surface area contributed by atoms with Crippen molar-refractivity contribution in [3.8, 4) is 11.4 Å². The molecule has 270 valence electrons. The number of rotatable bonds is 4. The number of nitrogens with zero attached hydrogens (tertiary/aromatic N) is 5. The number of hydrogen-bond acceptors (Lipinski definition) is 3. The molecule has 9 rings (SSSR count). The second-order valence-corrected chi connectivity index (χ2v) is 17.8. The molecule has 0 saturated heterocycles. The highest BCUT2D eigenvalue weighted by Crippen LogP contribution is 2.52. The Labute approximate surface area is 314 Å². The van der Waals surface area contributed by atoms with Gasteiger partial charge >= 0.3 is 0 Å². The van der Waals surface area contributed by atoms with Gasteiger partial charge in [0.2, 0.25) is 0 Å². The number of aromatic nitrogens is 3. The van der Waals surface area contributed by atoms with Crippen LogP contribution >= 0.6 is 0 Å². The molecule has 3 aromatic heterocycles. The average Bonchev–Trinajstić information content (AvgIpc) is 3.70. The number of fused-ring (bicyclic) bond motifs is 6.